The quantitative estimate of drug-likeness (QED) is 0.665. The molecule has 0 aliphatic heterocycles. The molecule has 0 atom stereocenters. The second kappa shape index (κ2) is 8.68. The molecule has 2 nitrogen and oxygen atoms in total. The number of benzene rings is 1. The Bertz CT molecular complexity index is 398. The molecule has 0 aliphatic rings. The van der Waals surface area contributed by atoms with Crippen LogP contribution in [0, 0.1) is 6.92 Å². The standard InChI is InChI=1S/C17H28BrNO/c1-14-9-10-16(15(18)13-14)20-12-8-6-5-7-11-19-17(2,3)4/h9-10,13,19H,5-8,11-12H2,1-4H3. The molecule has 20 heavy (non-hydrogen) atoms. The normalized spacial score (nSPS) is 11.7. The van der Waals surface area contributed by atoms with E-state index in [1.807, 2.05) is 6.07 Å². The first-order valence-corrected chi connectivity index (χ1v) is 8.32. The van der Waals surface area contributed by atoms with Crippen LogP contribution in [0.5, 0.6) is 5.75 Å². The van der Waals surface area contributed by atoms with E-state index in [-0.39, 0.29) is 5.54 Å². The van der Waals surface area contributed by atoms with Crippen molar-refractivity contribution in [3.05, 3.63) is 28.2 Å². The van der Waals surface area contributed by atoms with Crippen molar-refractivity contribution < 1.29 is 4.74 Å². The molecule has 1 rings (SSSR count). The van der Waals surface area contributed by atoms with Crippen LogP contribution in [0.25, 0.3) is 0 Å². The third kappa shape index (κ3) is 7.91. The number of ether oxygens (including phenoxy) is 1. The molecule has 1 aromatic rings. The molecule has 0 saturated carbocycles. The Kier molecular flexibility index (Phi) is 7.60. The molecule has 0 spiro atoms. The fraction of sp³-hybridized carbons (Fsp3) is 0.647. The van der Waals surface area contributed by atoms with E-state index >= 15 is 0 Å². The fourth-order valence-corrected chi connectivity index (χ4v) is 2.56. The van der Waals surface area contributed by atoms with E-state index in [1.165, 1.54) is 24.8 Å². The van der Waals surface area contributed by atoms with Crippen molar-refractivity contribution in [3.63, 3.8) is 0 Å². The molecular weight excluding hydrogens is 314 g/mol. The average molecular weight is 342 g/mol. The Labute approximate surface area is 132 Å². The lowest BCUT2D eigenvalue weighted by atomic mass is 10.1. The van der Waals surface area contributed by atoms with E-state index in [9.17, 15) is 0 Å². The van der Waals surface area contributed by atoms with Crippen LogP contribution in [-0.2, 0) is 0 Å². The first kappa shape index (κ1) is 17.5. The van der Waals surface area contributed by atoms with Crippen molar-refractivity contribution in [2.45, 2.75) is 58.9 Å². The molecule has 0 unspecified atom stereocenters. The Balaban J connectivity index is 2.05. The van der Waals surface area contributed by atoms with Crippen molar-refractivity contribution in [2.75, 3.05) is 13.2 Å². The number of hydrogen-bond acceptors (Lipinski definition) is 2. The van der Waals surface area contributed by atoms with Crippen LogP contribution in [-0.4, -0.2) is 18.7 Å². The summed E-state index contributed by atoms with van der Waals surface area (Å²) in [5.41, 5.74) is 1.48. The Hall–Kier alpha value is -0.540. The van der Waals surface area contributed by atoms with Gasteiger partial charge in [-0.15, -0.1) is 0 Å². The van der Waals surface area contributed by atoms with E-state index in [0.29, 0.717) is 0 Å². The first-order chi connectivity index (χ1) is 9.38. The van der Waals surface area contributed by atoms with Crippen LogP contribution in [0.15, 0.2) is 22.7 Å². The summed E-state index contributed by atoms with van der Waals surface area (Å²) in [6.45, 7) is 10.6. The van der Waals surface area contributed by atoms with E-state index < -0.39 is 0 Å². The van der Waals surface area contributed by atoms with Crippen molar-refractivity contribution in [1.29, 1.82) is 0 Å². The second-order valence-corrected chi connectivity index (χ2v) is 7.23. The minimum Gasteiger partial charge on any atom is -0.492 e. The van der Waals surface area contributed by atoms with Crippen LogP contribution in [0.4, 0.5) is 0 Å². The van der Waals surface area contributed by atoms with Crippen molar-refractivity contribution in [1.82, 2.24) is 5.32 Å². The van der Waals surface area contributed by atoms with Gasteiger partial charge in [-0.05, 0) is 80.7 Å². The zero-order chi connectivity index (χ0) is 15.0. The molecule has 0 aliphatic carbocycles. The Morgan fingerprint density at radius 3 is 2.45 bits per heavy atom. The highest BCUT2D eigenvalue weighted by atomic mass is 79.9. The second-order valence-electron chi connectivity index (χ2n) is 6.37. The predicted octanol–water partition coefficient (Wildman–Crippen LogP) is 5.08. The maximum Gasteiger partial charge on any atom is 0.133 e. The van der Waals surface area contributed by atoms with E-state index in [2.05, 4.69) is 61.1 Å². The number of hydrogen-bond donors (Lipinski definition) is 1. The lowest BCUT2D eigenvalue weighted by molar-refractivity contribution is 0.302. The topological polar surface area (TPSA) is 21.3 Å². The van der Waals surface area contributed by atoms with Crippen LogP contribution in [0.1, 0.15) is 52.0 Å². The number of unbranched alkanes of at least 4 members (excludes halogenated alkanes) is 3. The van der Waals surface area contributed by atoms with Crippen molar-refractivity contribution in [3.8, 4) is 5.75 Å². The van der Waals surface area contributed by atoms with E-state index in [0.717, 1.165) is 29.8 Å². The molecule has 0 fully saturated rings. The third-order valence-electron chi connectivity index (χ3n) is 3.07. The highest BCUT2D eigenvalue weighted by Gasteiger charge is 2.06. The molecule has 114 valence electrons. The van der Waals surface area contributed by atoms with Gasteiger partial charge in [0.25, 0.3) is 0 Å². The van der Waals surface area contributed by atoms with Gasteiger partial charge in [0.05, 0.1) is 11.1 Å². The fourth-order valence-electron chi connectivity index (χ4n) is 1.95. The summed E-state index contributed by atoms with van der Waals surface area (Å²) in [4.78, 5) is 0. The van der Waals surface area contributed by atoms with Gasteiger partial charge in [-0.3, -0.25) is 0 Å². The van der Waals surface area contributed by atoms with E-state index in [1.54, 1.807) is 0 Å². The molecule has 0 aromatic heterocycles. The maximum absolute atomic E-state index is 5.79. The minimum absolute atomic E-state index is 0.237. The number of rotatable bonds is 8. The van der Waals surface area contributed by atoms with Crippen LogP contribution in [0.3, 0.4) is 0 Å². The zero-order valence-corrected chi connectivity index (χ0v) is 14.8. The van der Waals surface area contributed by atoms with Gasteiger partial charge in [-0.25, -0.2) is 0 Å². The molecule has 1 aromatic carbocycles. The van der Waals surface area contributed by atoms with Gasteiger partial charge in [0.1, 0.15) is 5.75 Å². The Morgan fingerprint density at radius 2 is 1.80 bits per heavy atom. The largest absolute Gasteiger partial charge is 0.492 e. The average Bonchev–Trinajstić information content (AvgIpc) is 2.33. The lowest BCUT2D eigenvalue weighted by Crippen LogP contribution is -2.36. The lowest BCUT2D eigenvalue weighted by Gasteiger charge is -2.20. The zero-order valence-electron chi connectivity index (χ0n) is 13.3. The minimum atomic E-state index is 0.237. The highest BCUT2D eigenvalue weighted by Crippen LogP contribution is 2.25. The Morgan fingerprint density at radius 1 is 1.10 bits per heavy atom. The van der Waals surface area contributed by atoms with Gasteiger partial charge in [-0.2, -0.15) is 0 Å². The number of nitrogens with one attached hydrogen (secondary N) is 1. The summed E-state index contributed by atoms with van der Waals surface area (Å²) >= 11 is 3.54. The van der Waals surface area contributed by atoms with Gasteiger partial charge >= 0.3 is 0 Å². The predicted molar refractivity (Wildman–Crippen MR) is 90.6 cm³/mol. The van der Waals surface area contributed by atoms with Crippen molar-refractivity contribution in [2.24, 2.45) is 0 Å². The van der Waals surface area contributed by atoms with Crippen LogP contribution in [0.2, 0.25) is 0 Å². The molecule has 1 N–H and O–H groups in total. The molecule has 0 heterocycles. The van der Waals surface area contributed by atoms with Crippen LogP contribution >= 0.6 is 15.9 Å². The summed E-state index contributed by atoms with van der Waals surface area (Å²) < 4.78 is 6.84. The highest BCUT2D eigenvalue weighted by molar-refractivity contribution is 9.10. The third-order valence-corrected chi connectivity index (χ3v) is 3.69. The summed E-state index contributed by atoms with van der Waals surface area (Å²) in [5, 5.41) is 3.51. The maximum atomic E-state index is 5.79. The molecular formula is C17H28BrNO. The number of halogens is 1. The number of aryl methyl sites for hydroxylation is 1. The summed E-state index contributed by atoms with van der Waals surface area (Å²) in [7, 11) is 0. The van der Waals surface area contributed by atoms with Gasteiger partial charge < -0.3 is 10.1 Å². The molecule has 3 heteroatoms. The molecule has 0 bridgehead atoms. The molecule has 0 radical (unpaired) electrons. The van der Waals surface area contributed by atoms with Gasteiger partial charge in [0.15, 0.2) is 0 Å². The molecule has 0 amide bonds. The first-order valence-electron chi connectivity index (χ1n) is 7.52. The SMILES string of the molecule is Cc1ccc(OCCCCCCNC(C)(C)C)c(Br)c1. The van der Waals surface area contributed by atoms with Crippen molar-refractivity contribution >= 4 is 15.9 Å². The summed E-state index contributed by atoms with van der Waals surface area (Å²) in [6.07, 6.45) is 4.86. The summed E-state index contributed by atoms with van der Waals surface area (Å²) in [5.74, 6) is 0.949. The molecule has 0 saturated heterocycles. The van der Waals surface area contributed by atoms with Crippen LogP contribution < -0.4 is 10.1 Å². The monoisotopic (exact) mass is 341 g/mol. The van der Waals surface area contributed by atoms with E-state index in [4.69, 9.17) is 4.74 Å². The van der Waals surface area contributed by atoms with Gasteiger partial charge in [-0.1, -0.05) is 18.9 Å². The van der Waals surface area contributed by atoms with Gasteiger partial charge in [0, 0.05) is 5.54 Å². The van der Waals surface area contributed by atoms with Gasteiger partial charge in [0.2, 0.25) is 0 Å². The smallest absolute Gasteiger partial charge is 0.133 e. The summed E-state index contributed by atoms with van der Waals surface area (Å²) in [6, 6.07) is 6.21.